The predicted molar refractivity (Wildman–Crippen MR) is 125 cm³/mol. The van der Waals surface area contributed by atoms with Crippen molar-refractivity contribution < 1.29 is 14.3 Å². The molecule has 1 N–H and O–H groups in total. The first kappa shape index (κ1) is 22.1. The number of nitrogens with zero attached hydrogens (tertiary/aromatic N) is 1. The summed E-state index contributed by atoms with van der Waals surface area (Å²) in [4.78, 5) is 12.2. The lowest BCUT2D eigenvalue weighted by Gasteiger charge is -2.11. The Hall–Kier alpha value is -2.64. The SMILES string of the molecule is COc1ccc(C(=O)N/N=C\c2cc(Br)c(OCc3cccc(C)c3)c(Br)c2)cc1. The maximum absolute atomic E-state index is 12.2. The average molecular weight is 532 g/mol. The third-order valence-corrected chi connectivity index (χ3v) is 5.40. The summed E-state index contributed by atoms with van der Waals surface area (Å²) >= 11 is 7.08. The fourth-order valence-corrected chi connectivity index (χ4v) is 4.17. The van der Waals surface area contributed by atoms with Crippen molar-refractivity contribution in [1.29, 1.82) is 0 Å². The maximum Gasteiger partial charge on any atom is 0.271 e. The normalized spacial score (nSPS) is 10.8. The molecule has 0 aliphatic rings. The second-order valence-electron chi connectivity index (χ2n) is 6.52. The molecular weight excluding hydrogens is 512 g/mol. The van der Waals surface area contributed by atoms with Crippen LogP contribution in [0.15, 0.2) is 74.7 Å². The van der Waals surface area contributed by atoms with Gasteiger partial charge in [0.25, 0.3) is 5.91 Å². The summed E-state index contributed by atoms with van der Waals surface area (Å²) in [7, 11) is 1.58. The molecule has 0 spiro atoms. The summed E-state index contributed by atoms with van der Waals surface area (Å²) < 4.78 is 12.6. The van der Waals surface area contributed by atoms with E-state index in [1.807, 2.05) is 24.3 Å². The van der Waals surface area contributed by atoms with Crippen LogP contribution in [-0.2, 0) is 6.61 Å². The highest BCUT2D eigenvalue weighted by Crippen LogP contribution is 2.35. The van der Waals surface area contributed by atoms with Crippen LogP contribution in [0.3, 0.4) is 0 Å². The molecule has 5 nitrogen and oxygen atoms in total. The molecule has 0 radical (unpaired) electrons. The Morgan fingerprint density at radius 2 is 1.77 bits per heavy atom. The second-order valence-corrected chi connectivity index (χ2v) is 8.23. The lowest BCUT2D eigenvalue weighted by Crippen LogP contribution is -2.17. The zero-order valence-electron chi connectivity index (χ0n) is 16.5. The van der Waals surface area contributed by atoms with Crippen LogP contribution < -0.4 is 14.9 Å². The average Bonchev–Trinajstić information content (AvgIpc) is 2.73. The molecule has 30 heavy (non-hydrogen) atoms. The Morgan fingerprint density at radius 3 is 2.40 bits per heavy atom. The maximum atomic E-state index is 12.2. The molecule has 0 bridgehead atoms. The highest BCUT2D eigenvalue weighted by Gasteiger charge is 2.09. The van der Waals surface area contributed by atoms with E-state index in [4.69, 9.17) is 9.47 Å². The van der Waals surface area contributed by atoms with E-state index in [1.54, 1.807) is 37.6 Å². The minimum Gasteiger partial charge on any atom is -0.497 e. The van der Waals surface area contributed by atoms with Gasteiger partial charge in [-0.15, -0.1) is 0 Å². The van der Waals surface area contributed by atoms with E-state index in [0.717, 1.165) is 20.1 Å². The van der Waals surface area contributed by atoms with Crippen molar-refractivity contribution in [3.8, 4) is 11.5 Å². The summed E-state index contributed by atoms with van der Waals surface area (Å²) in [5, 5.41) is 4.04. The number of hydrazone groups is 1. The van der Waals surface area contributed by atoms with Gasteiger partial charge in [0.15, 0.2) is 0 Å². The molecule has 7 heteroatoms. The molecular formula is C23H20Br2N2O3. The number of ether oxygens (including phenoxy) is 2. The minimum absolute atomic E-state index is 0.301. The van der Waals surface area contributed by atoms with Crippen LogP contribution in [0.25, 0.3) is 0 Å². The minimum atomic E-state index is -0.301. The largest absolute Gasteiger partial charge is 0.497 e. The standard InChI is InChI=1S/C23H20Br2N2O3/c1-15-4-3-5-16(10-15)14-30-22-20(24)11-17(12-21(22)25)13-26-27-23(28)18-6-8-19(29-2)9-7-18/h3-13H,14H2,1-2H3,(H,27,28)/b26-13-. The highest BCUT2D eigenvalue weighted by molar-refractivity contribution is 9.11. The quantitative estimate of drug-likeness (QED) is 0.306. The van der Waals surface area contributed by atoms with Crippen molar-refractivity contribution in [3.63, 3.8) is 0 Å². The molecule has 3 aromatic carbocycles. The van der Waals surface area contributed by atoms with Crippen LogP contribution in [-0.4, -0.2) is 19.2 Å². The van der Waals surface area contributed by atoms with Gasteiger partial charge in [0, 0.05) is 5.56 Å². The van der Waals surface area contributed by atoms with Gasteiger partial charge in [0.1, 0.15) is 18.1 Å². The summed E-state index contributed by atoms with van der Waals surface area (Å²) in [6, 6.07) is 18.7. The first-order chi connectivity index (χ1) is 14.5. The number of nitrogens with one attached hydrogen (secondary N) is 1. The van der Waals surface area contributed by atoms with Gasteiger partial charge in [-0.3, -0.25) is 4.79 Å². The van der Waals surface area contributed by atoms with Crippen LogP contribution in [0.1, 0.15) is 27.0 Å². The molecule has 0 aromatic heterocycles. The van der Waals surface area contributed by atoms with Crippen molar-refractivity contribution in [2.45, 2.75) is 13.5 Å². The Bertz CT molecular complexity index is 1040. The van der Waals surface area contributed by atoms with Gasteiger partial charge >= 0.3 is 0 Å². The molecule has 3 rings (SSSR count). The van der Waals surface area contributed by atoms with E-state index >= 15 is 0 Å². The van der Waals surface area contributed by atoms with Crippen LogP contribution >= 0.6 is 31.9 Å². The van der Waals surface area contributed by atoms with E-state index in [2.05, 4.69) is 61.4 Å². The monoisotopic (exact) mass is 530 g/mol. The number of halogens is 2. The van der Waals surface area contributed by atoms with Crippen LogP contribution in [0, 0.1) is 6.92 Å². The zero-order valence-corrected chi connectivity index (χ0v) is 19.7. The number of hydrogen-bond acceptors (Lipinski definition) is 4. The molecule has 3 aromatic rings. The second kappa shape index (κ2) is 10.4. The van der Waals surface area contributed by atoms with Gasteiger partial charge in [-0.2, -0.15) is 5.10 Å². The third-order valence-electron chi connectivity index (χ3n) is 4.22. The van der Waals surface area contributed by atoms with E-state index in [-0.39, 0.29) is 5.91 Å². The molecule has 0 aliphatic heterocycles. The summed E-state index contributed by atoms with van der Waals surface area (Å²) in [6.45, 7) is 2.51. The highest BCUT2D eigenvalue weighted by atomic mass is 79.9. The number of benzene rings is 3. The van der Waals surface area contributed by atoms with Crippen molar-refractivity contribution in [1.82, 2.24) is 5.43 Å². The van der Waals surface area contributed by atoms with Crippen LogP contribution in [0.2, 0.25) is 0 Å². The van der Waals surface area contributed by atoms with Gasteiger partial charge < -0.3 is 9.47 Å². The van der Waals surface area contributed by atoms with Gasteiger partial charge in [0.05, 0.1) is 22.3 Å². The summed E-state index contributed by atoms with van der Waals surface area (Å²) in [5.74, 6) is 1.09. The smallest absolute Gasteiger partial charge is 0.271 e. The molecule has 0 atom stereocenters. The molecule has 0 saturated heterocycles. The van der Waals surface area contributed by atoms with E-state index in [1.165, 1.54) is 5.56 Å². The third kappa shape index (κ3) is 5.93. The lowest BCUT2D eigenvalue weighted by atomic mass is 10.1. The van der Waals surface area contributed by atoms with Gasteiger partial charge in [-0.05, 0) is 86.3 Å². The fraction of sp³-hybridized carbons (Fsp3) is 0.130. The molecule has 0 fully saturated rings. The number of methoxy groups -OCH3 is 1. The lowest BCUT2D eigenvalue weighted by molar-refractivity contribution is 0.0955. The topological polar surface area (TPSA) is 59.9 Å². The van der Waals surface area contributed by atoms with Crippen LogP contribution in [0.4, 0.5) is 0 Å². The number of rotatable bonds is 7. The molecule has 0 saturated carbocycles. The number of carbonyl (C=O) groups excluding carboxylic acids is 1. The van der Waals surface area contributed by atoms with Crippen molar-refractivity contribution in [2.24, 2.45) is 5.10 Å². The Labute approximate surface area is 192 Å². The van der Waals surface area contributed by atoms with Crippen molar-refractivity contribution in [2.75, 3.05) is 7.11 Å². The first-order valence-electron chi connectivity index (χ1n) is 9.11. The number of amides is 1. The first-order valence-corrected chi connectivity index (χ1v) is 10.7. The van der Waals surface area contributed by atoms with E-state index in [0.29, 0.717) is 23.7 Å². The Kier molecular flexibility index (Phi) is 7.65. The molecule has 154 valence electrons. The summed E-state index contributed by atoms with van der Waals surface area (Å²) in [6.07, 6.45) is 1.57. The predicted octanol–water partition coefficient (Wildman–Crippen LogP) is 5.87. The van der Waals surface area contributed by atoms with Gasteiger partial charge in [0.2, 0.25) is 0 Å². The Morgan fingerprint density at radius 1 is 1.07 bits per heavy atom. The fourth-order valence-electron chi connectivity index (χ4n) is 2.72. The number of carbonyl (C=O) groups is 1. The molecule has 0 unspecified atom stereocenters. The summed E-state index contributed by atoms with van der Waals surface area (Å²) in [5.41, 5.74) is 6.10. The van der Waals surface area contributed by atoms with Crippen molar-refractivity contribution in [3.05, 3.63) is 91.9 Å². The number of hydrogen-bond donors (Lipinski definition) is 1. The molecule has 1 amide bonds. The van der Waals surface area contributed by atoms with E-state index in [9.17, 15) is 4.79 Å². The van der Waals surface area contributed by atoms with E-state index < -0.39 is 0 Å². The van der Waals surface area contributed by atoms with Gasteiger partial charge in [-0.1, -0.05) is 29.8 Å². The van der Waals surface area contributed by atoms with Crippen LogP contribution in [0.5, 0.6) is 11.5 Å². The van der Waals surface area contributed by atoms with Gasteiger partial charge in [-0.25, -0.2) is 5.43 Å². The molecule has 0 heterocycles. The Balaban J connectivity index is 1.63. The zero-order chi connectivity index (χ0) is 21.5. The number of aryl methyl sites for hydroxylation is 1. The molecule has 0 aliphatic carbocycles. The van der Waals surface area contributed by atoms with Crippen molar-refractivity contribution >= 4 is 44.0 Å².